The third-order valence-electron chi connectivity index (χ3n) is 2.68. The second-order valence-corrected chi connectivity index (χ2v) is 3.78. The first kappa shape index (κ1) is 9.77. The average Bonchev–Trinajstić information content (AvgIpc) is 2.70. The largest absolute Gasteiger partial charge is 0.348 e. The number of nitrogens with zero attached hydrogens (tertiary/aromatic N) is 3. The molecule has 0 atom stereocenters. The minimum Gasteiger partial charge on any atom is -0.246 e. The summed E-state index contributed by atoms with van der Waals surface area (Å²) in [6.45, 7) is 1.86. The molecule has 2 heterocycles. The first-order valence-electron chi connectivity index (χ1n) is 5.25. The molecule has 0 aliphatic heterocycles. The highest BCUT2D eigenvalue weighted by molar-refractivity contribution is 5.63. The standard InChI is InChI=1S/C12H10N4O/c1-8-10-7-13-15-12(17)16(10)11(14-8)9-5-3-2-4-6-9/h2-7H,1H3,(H,15,17). The molecule has 0 fully saturated rings. The van der Waals surface area contributed by atoms with Crippen molar-refractivity contribution in [2.75, 3.05) is 0 Å². The molecule has 2 aromatic heterocycles. The van der Waals surface area contributed by atoms with Gasteiger partial charge in [0.15, 0.2) is 0 Å². The van der Waals surface area contributed by atoms with Crippen LogP contribution in [0.4, 0.5) is 0 Å². The molecule has 0 radical (unpaired) electrons. The van der Waals surface area contributed by atoms with Crippen LogP contribution in [0.15, 0.2) is 41.3 Å². The predicted octanol–water partition coefficient (Wildman–Crippen LogP) is 1.39. The van der Waals surface area contributed by atoms with Gasteiger partial charge in [-0.3, -0.25) is 0 Å². The fourth-order valence-corrected chi connectivity index (χ4v) is 1.88. The van der Waals surface area contributed by atoms with Crippen LogP contribution in [-0.4, -0.2) is 19.6 Å². The molecule has 0 saturated carbocycles. The van der Waals surface area contributed by atoms with E-state index < -0.39 is 0 Å². The number of H-pyrrole nitrogens is 1. The minimum atomic E-state index is -0.276. The summed E-state index contributed by atoms with van der Waals surface area (Å²) in [5.41, 5.74) is 2.16. The number of imidazole rings is 1. The van der Waals surface area contributed by atoms with Crippen LogP contribution in [0.2, 0.25) is 0 Å². The van der Waals surface area contributed by atoms with Gasteiger partial charge in [-0.2, -0.15) is 5.10 Å². The lowest BCUT2D eigenvalue weighted by Gasteiger charge is -1.98. The molecule has 1 N–H and O–H groups in total. The van der Waals surface area contributed by atoms with Gasteiger partial charge in [0.2, 0.25) is 0 Å². The quantitative estimate of drug-likeness (QED) is 0.682. The van der Waals surface area contributed by atoms with Gasteiger partial charge in [-0.05, 0) is 6.92 Å². The maximum atomic E-state index is 11.8. The van der Waals surface area contributed by atoms with Crippen molar-refractivity contribution >= 4 is 5.52 Å². The smallest absolute Gasteiger partial charge is 0.246 e. The van der Waals surface area contributed by atoms with Crippen LogP contribution in [0.25, 0.3) is 16.9 Å². The van der Waals surface area contributed by atoms with Gasteiger partial charge in [-0.15, -0.1) is 0 Å². The SMILES string of the molecule is Cc1nc(-c2ccccc2)n2c(=O)[nH]ncc12. The third kappa shape index (κ3) is 1.44. The molecule has 0 aliphatic rings. The van der Waals surface area contributed by atoms with Gasteiger partial charge in [0, 0.05) is 5.56 Å². The molecule has 0 bridgehead atoms. The van der Waals surface area contributed by atoms with Gasteiger partial charge in [-0.1, -0.05) is 30.3 Å². The predicted molar refractivity (Wildman–Crippen MR) is 63.8 cm³/mol. The number of rotatable bonds is 1. The van der Waals surface area contributed by atoms with Crippen LogP contribution in [0.5, 0.6) is 0 Å². The molecule has 3 rings (SSSR count). The number of aryl methyl sites for hydroxylation is 1. The highest BCUT2D eigenvalue weighted by Gasteiger charge is 2.11. The molecule has 5 nitrogen and oxygen atoms in total. The van der Waals surface area contributed by atoms with Gasteiger partial charge in [0.05, 0.1) is 17.4 Å². The Morgan fingerprint density at radius 2 is 2.00 bits per heavy atom. The van der Waals surface area contributed by atoms with Crippen LogP contribution in [0.1, 0.15) is 5.69 Å². The summed E-state index contributed by atoms with van der Waals surface area (Å²) in [6, 6.07) is 9.61. The molecule has 84 valence electrons. The first-order valence-corrected chi connectivity index (χ1v) is 5.25. The van der Waals surface area contributed by atoms with Crippen LogP contribution in [-0.2, 0) is 0 Å². The lowest BCUT2D eigenvalue weighted by atomic mass is 10.2. The Morgan fingerprint density at radius 1 is 1.24 bits per heavy atom. The van der Waals surface area contributed by atoms with E-state index in [1.54, 1.807) is 6.20 Å². The second kappa shape index (κ2) is 3.55. The van der Waals surface area contributed by atoms with Crippen molar-refractivity contribution in [1.82, 2.24) is 19.6 Å². The fourth-order valence-electron chi connectivity index (χ4n) is 1.88. The van der Waals surface area contributed by atoms with E-state index in [9.17, 15) is 4.79 Å². The van der Waals surface area contributed by atoms with Crippen molar-refractivity contribution in [3.8, 4) is 11.4 Å². The van der Waals surface area contributed by atoms with E-state index in [1.165, 1.54) is 4.40 Å². The summed E-state index contributed by atoms with van der Waals surface area (Å²) in [5.74, 6) is 0.641. The first-order chi connectivity index (χ1) is 8.27. The zero-order valence-electron chi connectivity index (χ0n) is 9.21. The Hall–Kier alpha value is -2.43. The molecule has 5 heteroatoms. The summed E-state index contributed by atoms with van der Waals surface area (Å²) < 4.78 is 1.54. The molecule has 0 amide bonds. The lowest BCUT2D eigenvalue weighted by molar-refractivity contribution is 0.889. The highest BCUT2D eigenvalue weighted by Crippen LogP contribution is 2.19. The number of aromatic amines is 1. The Balaban J connectivity index is 2.43. The maximum Gasteiger partial charge on any atom is 0.348 e. The summed E-state index contributed by atoms with van der Waals surface area (Å²) in [7, 11) is 0. The highest BCUT2D eigenvalue weighted by atomic mass is 16.1. The Kier molecular flexibility index (Phi) is 2.04. The van der Waals surface area contributed by atoms with Crippen molar-refractivity contribution in [1.29, 1.82) is 0 Å². The topological polar surface area (TPSA) is 63.1 Å². The Bertz CT molecular complexity index is 727. The van der Waals surface area contributed by atoms with Crippen molar-refractivity contribution in [3.63, 3.8) is 0 Å². The van der Waals surface area contributed by atoms with E-state index in [4.69, 9.17) is 0 Å². The molecule has 0 saturated heterocycles. The lowest BCUT2D eigenvalue weighted by Crippen LogP contribution is -2.17. The zero-order chi connectivity index (χ0) is 11.8. The summed E-state index contributed by atoms with van der Waals surface area (Å²) in [4.78, 5) is 16.2. The molecule has 1 aromatic carbocycles. The second-order valence-electron chi connectivity index (χ2n) is 3.78. The average molecular weight is 226 g/mol. The summed E-state index contributed by atoms with van der Waals surface area (Å²) >= 11 is 0. The number of nitrogens with one attached hydrogen (secondary N) is 1. The van der Waals surface area contributed by atoms with E-state index in [0.717, 1.165) is 16.8 Å². The summed E-state index contributed by atoms with van der Waals surface area (Å²) in [5, 5.41) is 6.20. The van der Waals surface area contributed by atoms with Gasteiger partial charge >= 0.3 is 5.69 Å². The molecule has 0 spiro atoms. The van der Waals surface area contributed by atoms with Crippen LogP contribution in [0, 0.1) is 6.92 Å². The molecule has 0 aliphatic carbocycles. The monoisotopic (exact) mass is 226 g/mol. The minimum absolute atomic E-state index is 0.276. The number of fused-ring (bicyclic) bond motifs is 1. The molecule has 17 heavy (non-hydrogen) atoms. The maximum absolute atomic E-state index is 11.8. The Morgan fingerprint density at radius 3 is 2.76 bits per heavy atom. The van der Waals surface area contributed by atoms with E-state index in [1.807, 2.05) is 37.3 Å². The van der Waals surface area contributed by atoms with Crippen LogP contribution in [0.3, 0.4) is 0 Å². The number of hydrogen-bond acceptors (Lipinski definition) is 3. The van der Waals surface area contributed by atoms with E-state index in [-0.39, 0.29) is 5.69 Å². The Labute approximate surface area is 96.8 Å². The normalized spacial score (nSPS) is 10.9. The van der Waals surface area contributed by atoms with Gasteiger partial charge in [0.25, 0.3) is 0 Å². The molecular formula is C12H10N4O. The number of aromatic nitrogens is 4. The van der Waals surface area contributed by atoms with Gasteiger partial charge in [0.1, 0.15) is 5.82 Å². The van der Waals surface area contributed by atoms with Crippen molar-refractivity contribution < 1.29 is 0 Å². The fraction of sp³-hybridized carbons (Fsp3) is 0.0833. The van der Waals surface area contributed by atoms with Gasteiger partial charge < -0.3 is 0 Å². The molecule has 3 aromatic rings. The summed E-state index contributed by atoms with van der Waals surface area (Å²) in [6.07, 6.45) is 1.61. The van der Waals surface area contributed by atoms with E-state index in [2.05, 4.69) is 15.2 Å². The third-order valence-corrected chi connectivity index (χ3v) is 2.68. The van der Waals surface area contributed by atoms with Crippen molar-refractivity contribution in [3.05, 3.63) is 52.7 Å². The van der Waals surface area contributed by atoms with E-state index >= 15 is 0 Å². The molecule has 0 unspecified atom stereocenters. The molecular weight excluding hydrogens is 216 g/mol. The van der Waals surface area contributed by atoms with Crippen LogP contribution < -0.4 is 5.69 Å². The van der Waals surface area contributed by atoms with Crippen LogP contribution >= 0.6 is 0 Å². The van der Waals surface area contributed by atoms with E-state index in [0.29, 0.717) is 5.82 Å². The van der Waals surface area contributed by atoms with Crippen molar-refractivity contribution in [2.45, 2.75) is 6.92 Å². The zero-order valence-corrected chi connectivity index (χ0v) is 9.21. The van der Waals surface area contributed by atoms with Crippen molar-refractivity contribution in [2.24, 2.45) is 0 Å². The number of hydrogen-bond donors (Lipinski definition) is 1. The van der Waals surface area contributed by atoms with Gasteiger partial charge in [-0.25, -0.2) is 19.3 Å². The number of benzene rings is 1.